The minimum atomic E-state index is -0.0979. The van der Waals surface area contributed by atoms with Crippen molar-refractivity contribution in [1.82, 2.24) is 24.8 Å². The summed E-state index contributed by atoms with van der Waals surface area (Å²) in [6.45, 7) is 6.04. The molecule has 0 spiro atoms. The van der Waals surface area contributed by atoms with Crippen LogP contribution >= 0.6 is 0 Å². The van der Waals surface area contributed by atoms with Crippen molar-refractivity contribution in [2.45, 2.75) is 25.4 Å². The molecule has 1 amide bonds. The van der Waals surface area contributed by atoms with E-state index >= 15 is 0 Å². The standard InChI is InChI=1S/C31H36N8O/c1-37-17-3-4-27(37)22-38-18-20-39(21-19-38)26-12-10-25(11-13-26)35-31-33-16-14-28(36-31)23-6-8-24(9-7-23)34-30(40)29-5-2-15-32-29/h3-4,6-14,16-17,29,32H,2,5,15,18-22H2,1H3,(H,34,40)(H,33,35,36)/t29-/m1/s1. The third kappa shape index (κ3) is 6.16. The maximum Gasteiger partial charge on any atom is 0.241 e. The molecule has 9 nitrogen and oxygen atoms in total. The Labute approximate surface area is 235 Å². The van der Waals surface area contributed by atoms with E-state index in [2.05, 4.69) is 84.9 Å². The molecular formula is C31H36N8O. The average Bonchev–Trinajstić information content (AvgIpc) is 3.67. The van der Waals surface area contributed by atoms with E-state index in [-0.39, 0.29) is 11.9 Å². The molecule has 2 aliphatic rings. The SMILES string of the molecule is Cn1cccc1CN1CCN(c2ccc(Nc3nccc(-c4ccc(NC(=O)[C@H]5CCCN5)cc4)n3)cc2)CC1. The number of carbonyl (C=O) groups is 1. The lowest BCUT2D eigenvalue weighted by molar-refractivity contribution is -0.117. The van der Waals surface area contributed by atoms with Gasteiger partial charge >= 0.3 is 0 Å². The van der Waals surface area contributed by atoms with Crippen LogP contribution in [0.1, 0.15) is 18.5 Å². The van der Waals surface area contributed by atoms with Crippen LogP contribution < -0.4 is 20.9 Å². The van der Waals surface area contributed by atoms with Gasteiger partial charge in [-0.15, -0.1) is 0 Å². The van der Waals surface area contributed by atoms with Crippen molar-refractivity contribution in [3.05, 3.63) is 84.8 Å². The van der Waals surface area contributed by atoms with Gasteiger partial charge in [-0.3, -0.25) is 9.69 Å². The van der Waals surface area contributed by atoms with Crippen molar-refractivity contribution in [1.29, 1.82) is 0 Å². The Morgan fingerprint density at radius 1 is 0.975 bits per heavy atom. The summed E-state index contributed by atoms with van der Waals surface area (Å²) in [5.74, 6) is 0.569. The zero-order valence-electron chi connectivity index (χ0n) is 22.9. The summed E-state index contributed by atoms with van der Waals surface area (Å²) < 4.78 is 2.20. The first-order valence-corrected chi connectivity index (χ1v) is 14.0. The second-order valence-corrected chi connectivity index (χ2v) is 10.5. The summed E-state index contributed by atoms with van der Waals surface area (Å²) >= 11 is 0. The molecule has 206 valence electrons. The number of carbonyl (C=O) groups excluding carboxylic acids is 1. The lowest BCUT2D eigenvalue weighted by Crippen LogP contribution is -2.46. The summed E-state index contributed by atoms with van der Waals surface area (Å²) in [5.41, 5.74) is 6.10. The Morgan fingerprint density at radius 2 is 1.75 bits per heavy atom. The monoisotopic (exact) mass is 536 g/mol. The molecule has 0 saturated carbocycles. The number of aromatic nitrogens is 3. The van der Waals surface area contributed by atoms with Gasteiger partial charge < -0.3 is 25.4 Å². The van der Waals surface area contributed by atoms with Gasteiger partial charge in [-0.25, -0.2) is 9.97 Å². The number of benzene rings is 2. The number of nitrogens with zero attached hydrogens (tertiary/aromatic N) is 5. The molecule has 2 aromatic carbocycles. The Kier molecular flexibility index (Phi) is 7.74. The maximum atomic E-state index is 12.4. The molecule has 2 aliphatic heterocycles. The largest absolute Gasteiger partial charge is 0.369 e. The second kappa shape index (κ2) is 11.9. The number of amides is 1. The smallest absolute Gasteiger partial charge is 0.241 e. The Morgan fingerprint density at radius 3 is 2.45 bits per heavy atom. The topological polar surface area (TPSA) is 90.4 Å². The lowest BCUT2D eigenvalue weighted by Gasteiger charge is -2.36. The highest BCUT2D eigenvalue weighted by Crippen LogP contribution is 2.24. The van der Waals surface area contributed by atoms with Crippen LogP contribution in [0.15, 0.2) is 79.1 Å². The number of aryl methyl sites for hydroxylation is 1. The van der Waals surface area contributed by atoms with E-state index in [9.17, 15) is 4.79 Å². The highest BCUT2D eigenvalue weighted by atomic mass is 16.2. The predicted molar refractivity (Wildman–Crippen MR) is 160 cm³/mol. The molecule has 1 atom stereocenters. The number of hydrogen-bond acceptors (Lipinski definition) is 7. The molecule has 2 fully saturated rings. The second-order valence-electron chi connectivity index (χ2n) is 10.5. The van der Waals surface area contributed by atoms with E-state index in [1.165, 1.54) is 11.4 Å². The van der Waals surface area contributed by atoms with Crippen LogP contribution in [0, 0.1) is 0 Å². The molecule has 2 aromatic heterocycles. The van der Waals surface area contributed by atoms with Gasteiger partial charge in [0, 0.05) is 80.5 Å². The molecule has 9 heteroatoms. The van der Waals surface area contributed by atoms with Crippen LogP contribution in [0.4, 0.5) is 23.0 Å². The molecule has 2 saturated heterocycles. The van der Waals surface area contributed by atoms with Crippen LogP contribution in [0.3, 0.4) is 0 Å². The Balaban J connectivity index is 1.03. The van der Waals surface area contributed by atoms with Crippen molar-refractivity contribution in [3.8, 4) is 11.3 Å². The first-order chi connectivity index (χ1) is 19.6. The first-order valence-electron chi connectivity index (χ1n) is 14.0. The number of piperazine rings is 1. The fraction of sp³-hybridized carbons (Fsp3) is 0.323. The van der Waals surface area contributed by atoms with Crippen LogP contribution in [0.5, 0.6) is 0 Å². The predicted octanol–water partition coefficient (Wildman–Crippen LogP) is 4.24. The third-order valence-electron chi connectivity index (χ3n) is 7.78. The molecule has 4 aromatic rings. The number of hydrogen-bond donors (Lipinski definition) is 3. The van der Waals surface area contributed by atoms with Gasteiger partial charge in [0.25, 0.3) is 0 Å². The highest BCUT2D eigenvalue weighted by molar-refractivity contribution is 5.95. The molecule has 40 heavy (non-hydrogen) atoms. The quantitative estimate of drug-likeness (QED) is 0.310. The normalized spacial score (nSPS) is 17.6. The molecule has 0 bridgehead atoms. The van der Waals surface area contributed by atoms with E-state index in [1.807, 2.05) is 30.3 Å². The van der Waals surface area contributed by atoms with Crippen LogP contribution in [-0.2, 0) is 18.4 Å². The number of anilines is 4. The molecule has 4 heterocycles. The fourth-order valence-electron chi connectivity index (χ4n) is 5.38. The average molecular weight is 537 g/mol. The lowest BCUT2D eigenvalue weighted by atomic mass is 10.1. The van der Waals surface area contributed by atoms with Gasteiger partial charge in [-0.2, -0.15) is 0 Å². The van der Waals surface area contributed by atoms with E-state index in [4.69, 9.17) is 4.98 Å². The van der Waals surface area contributed by atoms with Gasteiger partial charge in [0.1, 0.15) is 0 Å². The van der Waals surface area contributed by atoms with Crippen molar-refractivity contribution in [3.63, 3.8) is 0 Å². The van der Waals surface area contributed by atoms with Crippen LogP contribution in [0.25, 0.3) is 11.3 Å². The molecule has 0 unspecified atom stereocenters. The molecule has 6 rings (SSSR count). The van der Waals surface area contributed by atoms with E-state index in [1.54, 1.807) is 6.20 Å². The minimum Gasteiger partial charge on any atom is -0.369 e. The Bertz CT molecular complexity index is 1420. The van der Waals surface area contributed by atoms with Gasteiger partial charge in [0.05, 0.1) is 11.7 Å². The number of rotatable bonds is 8. The van der Waals surface area contributed by atoms with Crippen molar-refractivity contribution in [2.75, 3.05) is 48.3 Å². The van der Waals surface area contributed by atoms with Crippen molar-refractivity contribution in [2.24, 2.45) is 7.05 Å². The van der Waals surface area contributed by atoms with Crippen molar-refractivity contribution < 1.29 is 4.79 Å². The minimum absolute atomic E-state index is 0.0232. The van der Waals surface area contributed by atoms with Gasteiger partial charge in [-0.1, -0.05) is 12.1 Å². The first kappa shape index (κ1) is 26.0. The van der Waals surface area contributed by atoms with Crippen LogP contribution in [0.2, 0.25) is 0 Å². The third-order valence-corrected chi connectivity index (χ3v) is 7.78. The molecule has 3 N–H and O–H groups in total. The maximum absolute atomic E-state index is 12.4. The van der Waals surface area contributed by atoms with E-state index in [0.29, 0.717) is 5.95 Å². The molecule has 0 radical (unpaired) electrons. The Hall–Kier alpha value is -4.21. The number of nitrogens with one attached hydrogen (secondary N) is 3. The van der Waals surface area contributed by atoms with Crippen molar-refractivity contribution >= 4 is 28.9 Å². The highest BCUT2D eigenvalue weighted by Gasteiger charge is 2.22. The van der Waals surface area contributed by atoms with Gasteiger partial charge in [0.15, 0.2) is 0 Å². The molecule has 0 aliphatic carbocycles. The summed E-state index contributed by atoms with van der Waals surface area (Å²) in [7, 11) is 2.11. The summed E-state index contributed by atoms with van der Waals surface area (Å²) in [5, 5.41) is 9.56. The van der Waals surface area contributed by atoms with Gasteiger partial charge in [0.2, 0.25) is 11.9 Å². The summed E-state index contributed by atoms with van der Waals surface area (Å²) in [4.78, 5) is 26.5. The van der Waals surface area contributed by atoms with E-state index < -0.39 is 0 Å². The molecular weight excluding hydrogens is 500 g/mol. The summed E-state index contributed by atoms with van der Waals surface area (Å²) in [6.07, 6.45) is 5.79. The van der Waals surface area contributed by atoms with Gasteiger partial charge in [-0.05, 0) is 74.0 Å². The van der Waals surface area contributed by atoms with E-state index in [0.717, 1.165) is 74.7 Å². The van der Waals surface area contributed by atoms with Crippen LogP contribution in [-0.4, -0.2) is 64.1 Å². The summed E-state index contributed by atoms with van der Waals surface area (Å²) in [6, 6.07) is 22.4. The fourth-order valence-corrected chi connectivity index (χ4v) is 5.38. The zero-order valence-corrected chi connectivity index (χ0v) is 22.9. The zero-order chi connectivity index (χ0) is 27.3.